The number of carbonyl (C=O) groups is 2. The van der Waals surface area contributed by atoms with Crippen LogP contribution >= 0.6 is 0 Å². The van der Waals surface area contributed by atoms with E-state index in [1.807, 2.05) is 42.5 Å². The molecule has 1 amide bonds. The molecule has 9 heteroatoms. The second-order valence-electron chi connectivity index (χ2n) is 7.96. The maximum absolute atomic E-state index is 11.8. The molecule has 0 radical (unpaired) electrons. The van der Waals surface area contributed by atoms with E-state index in [0.29, 0.717) is 13.1 Å². The molecule has 0 bridgehead atoms. The molecule has 0 unspecified atom stereocenters. The van der Waals surface area contributed by atoms with Crippen LogP contribution in [-0.4, -0.2) is 41.4 Å². The summed E-state index contributed by atoms with van der Waals surface area (Å²) in [6.45, 7) is 3.03. The predicted molar refractivity (Wildman–Crippen MR) is 142 cm³/mol. The van der Waals surface area contributed by atoms with E-state index in [0.717, 1.165) is 28.7 Å². The minimum Gasteiger partial charge on any atom is -0.508 e. The zero-order chi connectivity index (χ0) is 28.1. The minimum absolute atomic E-state index is 0.156. The monoisotopic (exact) mass is 526 g/mol. The van der Waals surface area contributed by atoms with E-state index in [1.165, 1.54) is 17.2 Å². The lowest BCUT2D eigenvalue weighted by Crippen LogP contribution is -2.27. The second kappa shape index (κ2) is 14.4. The van der Waals surface area contributed by atoms with E-state index in [1.54, 1.807) is 18.2 Å². The number of amides is 1. The van der Waals surface area contributed by atoms with Gasteiger partial charge >= 0.3 is 12.1 Å². The molecule has 3 aromatic rings. The zero-order valence-electron chi connectivity index (χ0n) is 20.7. The fourth-order valence-electron chi connectivity index (χ4n) is 3.49. The van der Waals surface area contributed by atoms with E-state index in [4.69, 9.17) is 15.6 Å². The number of aliphatic carboxylic acids is 1. The Morgan fingerprint density at radius 1 is 0.895 bits per heavy atom. The van der Waals surface area contributed by atoms with Crippen molar-refractivity contribution in [1.82, 2.24) is 5.32 Å². The Hall–Kier alpha value is -4.37. The Balaban J connectivity index is 0.000000638. The van der Waals surface area contributed by atoms with Gasteiger partial charge in [-0.2, -0.15) is 13.2 Å². The summed E-state index contributed by atoms with van der Waals surface area (Å²) < 4.78 is 31.7. The van der Waals surface area contributed by atoms with Gasteiger partial charge in [0.15, 0.2) is 0 Å². The highest BCUT2D eigenvalue weighted by Crippen LogP contribution is 2.35. The number of aromatic hydroxyl groups is 1. The summed E-state index contributed by atoms with van der Waals surface area (Å²) in [5.41, 5.74) is 12.0. The maximum Gasteiger partial charge on any atom is 0.490 e. The summed E-state index contributed by atoms with van der Waals surface area (Å²) in [6.07, 6.45) is -0.913. The Labute approximate surface area is 218 Å². The molecular weight excluding hydrogens is 497 g/mol. The number of phenols is 1. The largest absolute Gasteiger partial charge is 0.508 e. The van der Waals surface area contributed by atoms with Gasteiger partial charge in [0, 0.05) is 19.2 Å². The summed E-state index contributed by atoms with van der Waals surface area (Å²) in [6, 6.07) is 25.8. The molecule has 0 atom stereocenters. The molecule has 0 aliphatic rings. The van der Waals surface area contributed by atoms with Crippen LogP contribution < -0.4 is 11.1 Å². The fourth-order valence-corrected chi connectivity index (χ4v) is 3.49. The SMILES string of the molecule is CCC(=C(c1ccc(O)cc1)c1ccc(/C=C/C(=O)NCCN)cc1)c1ccccc1.O=C(O)C(F)(F)F. The van der Waals surface area contributed by atoms with Crippen LogP contribution in [0.2, 0.25) is 0 Å². The molecule has 3 rings (SSSR count). The number of carboxylic acids is 1. The first-order chi connectivity index (χ1) is 18.1. The van der Waals surface area contributed by atoms with Gasteiger partial charge in [-0.15, -0.1) is 0 Å². The van der Waals surface area contributed by atoms with Crippen LogP contribution in [0.1, 0.15) is 35.6 Å². The van der Waals surface area contributed by atoms with Crippen molar-refractivity contribution >= 4 is 29.1 Å². The number of carboxylic acid groups (broad SMARTS) is 1. The molecule has 5 N–H and O–H groups in total. The fraction of sp³-hybridized carbons (Fsp3) is 0.172. The standard InChI is InChI=1S/C27H28N2O2.C2HF3O2/c1-2-25(21-6-4-3-5-7-21)27(23-13-15-24(30)16-14-23)22-11-8-20(9-12-22)10-17-26(31)29-19-18-28;3-2(4,5)1(6)7/h3-17,30H,2,18-19,28H2,1H3,(H,29,31);(H,6,7)/b17-10+,27-25?;. The first-order valence-corrected chi connectivity index (χ1v) is 11.7. The molecule has 6 nitrogen and oxygen atoms in total. The Morgan fingerprint density at radius 3 is 1.89 bits per heavy atom. The third-order valence-electron chi connectivity index (χ3n) is 5.25. The number of carbonyl (C=O) groups excluding carboxylic acids is 1. The molecule has 0 saturated carbocycles. The van der Waals surface area contributed by atoms with Crippen LogP contribution in [0.5, 0.6) is 5.75 Å². The van der Waals surface area contributed by atoms with Crippen LogP contribution in [0.15, 0.2) is 84.9 Å². The molecule has 0 saturated heterocycles. The number of halogens is 3. The van der Waals surface area contributed by atoms with Gasteiger partial charge in [0.2, 0.25) is 5.91 Å². The van der Waals surface area contributed by atoms with Crippen LogP contribution in [0.3, 0.4) is 0 Å². The molecule has 0 aliphatic carbocycles. The van der Waals surface area contributed by atoms with Crippen molar-refractivity contribution in [3.05, 3.63) is 107 Å². The lowest BCUT2D eigenvalue weighted by atomic mass is 9.88. The van der Waals surface area contributed by atoms with Crippen molar-refractivity contribution in [1.29, 1.82) is 0 Å². The number of phenolic OH excluding ortho intramolecular Hbond substituents is 1. The minimum atomic E-state index is -5.08. The number of nitrogens with one attached hydrogen (secondary N) is 1. The van der Waals surface area contributed by atoms with Crippen molar-refractivity contribution < 1.29 is 33.0 Å². The number of rotatable bonds is 8. The Morgan fingerprint density at radius 2 is 1.42 bits per heavy atom. The summed E-state index contributed by atoms with van der Waals surface area (Å²) in [5.74, 6) is -2.67. The summed E-state index contributed by atoms with van der Waals surface area (Å²) in [7, 11) is 0. The normalized spacial score (nSPS) is 11.8. The summed E-state index contributed by atoms with van der Waals surface area (Å²) in [5, 5.41) is 19.6. The van der Waals surface area contributed by atoms with E-state index < -0.39 is 12.1 Å². The number of benzene rings is 3. The van der Waals surface area contributed by atoms with Gasteiger partial charge in [-0.3, -0.25) is 4.79 Å². The molecule has 0 fully saturated rings. The number of alkyl halides is 3. The van der Waals surface area contributed by atoms with Gasteiger partial charge < -0.3 is 21.3 Å². The molecule has 0 aromatic heterocycles. The highest BCUT2D eigenvalue weighted by molar-refractivity contribution is 5.99. The summed E-state index contributed by atoms with van der Waals surface area (Å²) >= 11 is 0. The number of nitrogens with two attached hydrogens (primary N) is 1. The van der Waals surface area contributed by atoms with Crippen LogP contribution in [0, 0.1) is 0 Å². The van der Waals surface area contributed by atoms with Gasteiger partial charge in [0.1, 0.15) is 5.75 Å². The van der Waals surface area contributed by atoms with Crippen molar-refractivity contribution in [3.8, 4) is 5.75 Å². The van der Waals surface area contributed by atoms with E-state index in [9.17, 15) is 23.1 Å². The first kappa shape index (κ1) is 29.9. The topological polar surface area (TPSA) is 113 Å². The van der Waals surface area contributed by atoms with Gasteiger partial charge in [0.25, 0.3) is 0 Å². The van der Waals surface area contributed by atoms with E-state index in [-0.39, 0.29) is 11.7 Å². The van der Waals surface area contributed by atoms with Crippen molar-refractivity contribution in [2.45, 2.75) is 19.5 Å². The lowest BCUT2D eigenvalue weighted by molar-refractivity contribution is -0.192. The average Bonchev–Trinajstić information content (AvgIpc) is 2.90. The van der Waals surface area contributed by atoms with Crippen molar-refractivity contribution in [3.63, 3.8) is 0 Å². The summed E-state index contributed by atoms with van der Waals surface area (Å²) in [4.78, 5) is 20.7. The van der Waals surface area contributed by atoms with Crippen LogP contribution in [0.4, 0.5) is 13.2 Å². The Kier molecular flexibility index (Phi) is 11.3. The molecule has 0 aliphatic heterocycles. The lowest BCUT2D eigenvalue weighted by Gasteiger charge is -2.16. The predicted octanol–water partition coefficient (Wildman–Crippen LogP) is 5.48. The first-order valence-electron chi connectivity index (χ1n) is 11.7. The number of allylic oxidation sites excluding steroid dienone is 1. The maximum atomic E-state index is 11.8. The third-order valence-corrected chi connectivity index (χ3v) is 5.25. The number of hydrogen-bond donors (Lipinski definition) is 4. The van der Waals surface area contributed by atoms with E-state index in [2.05, 4.69) is 36.5 Å². The second-order valence-corrected chi connectivity index (χ2v) is 7.96. The number of hydrogen-bond acceptors (Lipinski definition) is 4. The molecule has 3 aromatic carbocycles. The van der Waals surface area contributed by atoms with Crippen molar-refractivity contribution in [2.75, 3.05) is 13.1 Å². The smallest absolute Gasteiger partial charge is 0.490 e. The molecule has 200 valence electrons. The van der Waals surface area contributed by atoms with Crippen LogP contribution in [0.25, 0.3) is 17.2 Å². The van der Waals surface area contributed by atoms with Crippen LogP contribution in [-0.2, 0) is 9.59 Å². The van der Waals surface area contributed by atoms with Gasteiger partial charge in [-0.1, -0.05) is 73.7 Å². The van der Waals surface area contributed by atoms with Gasteiger partial charge in [-0.25, -0.2) is 4.79 Å². The highest BCUT2D eigenvalue weighted by Gasteiger charge is 2.38. The molecule has 38 heavy (non-hydrogen) atoms. The Bertz CT molecular complexity index is 1250. The third kappa shape index (κ3) is 9.25. The molecule has 0 heterocycles. The van der Waals surface area contributed by atoms with Gasteiger partial charge in [0.05, 0.1) is 0 Å². The zero-order valence-corrected chi connectivity index (χ0v) is 20.7. The molecular formula is C29H29F3N2O4. The molecule has 0 spiro atoms. The van der Waals surface area contributed by atoms with Gasteiger partial charge in [-0.05, 0) is 58.0 Å². The van der Waals surface area contributed by atoms with E-state index >= 15 is 0 Å². The quantitative estimate of drug-likeness (QED) is 0.229. The van der Waals surface area contributed by atoms with Crippen molar-refractivity contribution in [2.24, 2.45) is 5.73 Å². The average molecular weight is 527 g/mol. The highest BCUT2D eigenvalue weighted by atomic mass is 19.4.